The van der Waals surface area contributed by atoms with Gasteiger partial charge in [0.25, 0.3) is 20.2 Å². The van der Waals surface area contributed by atoms with Crippen molar-refractivity contribution in [1.29, 1.82) is 0 Å². The highest BCUT2D eigenvalue weighted by molar-refractivity contribution is 7.86. The number of fused-ring (bicyclic) bond motifs is 1. The third kappa shape index (κ3) is 3.80. The molecule has 0 fully saturated rings. The fourth-order valence-corrected chi connectivity index (χ4v) is 3.70. The molecule has 3 N–H and O–H groups in total. The number of aromatic hydroxyl groups is 1. The van der Waals surface area contributed by atoms with Crippen molar-refractivity contribution in [3.63, 3.8) is 0 Å². The lowest BCUT2D eigenvalue weighted by atomic mass is 10.1. The number of phenolic OH excluding ortho intramolecular Hbond substituents is 1. The first-order valence-electron chi connectivity index (χ1n) is 7.29. The van der Waals surface area contributed by atoms with Crippen LogP contribution in [-0.4, -0.2) is 31.0 Å². The lowest BCUT2D eigenvalue weighted by Crippen LogP contribution is -1.99. The Morgan fingerprint density at radius 2 is 1.19 bits per heavy atom. The largest absolute Gasteiger partial charge is 0.506 e. The smallest absolute Gasteiger partial charge is 0.298 e. The van der Waals surface area contributed by atoms with Crippen LogP contribution in [0.4, 0.5) is 11.4 Å². The summed E-state index contributed by atoms with van der Waals surface area (Å²) in [5.41, 5.74) is -0.216. The molecule has 3 rings (SSSR count). The third-order valence-corrected chi connectivity index (χ3v) is 5.41. The second-order valence-electron chi connectivity index (χ2n) is 5.41. The van der Waals surface area contributed by atoms with Crippen LogP contribution < -0.4 is 0 Å². The average Bonchev–Trinajstić information content (AvgIpc) is 2.60. The van der Waals surface area contributed by atoms with Crippen molar-refractivity contribution in [2.24, 2.45) is 10.2 Å². The van der Waals surface area contributed by atoms with E-state index in [0.717, 1.165) is 12.1 Å². The van der Waals surface area contributed by atoms with E-state index < -0.39 is 35.8 Å². The molecule has 0 spiro atoms. The van der Waals surface area contributed by atoms with E-state index in [1.54, 1.807) is 12.1 Å². The molecule has 0 bridgehead atoms. The minimum Gasteiger partial charge on any atom is -0.506 e. The summed E-state index contributed by atoms with van der Waals surface area (Å²) in [6.45, 7) is 0. The van der Waals surface area contributed by atoms with E-state index in [-0.39, 0.29) is 16.8 Å². The molecule has 11 heteroatoms. The van der Waals surface area contributed by atoms with Crippen LogP contribution in [0.5, 0.6) is 5.75 Å². The maximum atomic E-state index is 11.5. The molecule has 3 aromatic rings. The summed E-state index contributed by atoms with van der Waals surface area (Å²) < 4.78 is 64.4. The standard InChI is InChI=1S/C16H12N2O7S2/c19-16-11-6-2-1-5-10(11)13(9-15(16)27(23,24)25)18-17-12-7-3-4-8-14(12)26(20,21)22/h1-9,19H,(H,20,21,22)(H,23,24,25). The number of phenols is 1. The molecule has 0 aliphatic rings. The zero-order chi connectivity index (χ0) is 19.8. The molecule has 0 heterocycles. The van der Waals surface area contributed by atoms with Gasteiger partial charge in [-0.25, -0.2) is 0 Å². The van der Waals surface area contributed by atoms with Gasteiger partial charge in [-0.3, -0.25) is 9.11 Å². The van der Waals surface area contributed by atoms with Gasteiger partial charge in [-0.05, 0) is 18.2 Å². The van der Waals surface area contributed by atoms with Crippen molar-refractivity contribution in [2.45, 2.75) is 9.79 Å². The number of rotatable bonds is 4. The van der Waals surface area contributed by atoms with E-state index in [2.05, 4.69) is 10.2 Å². The van der Waals surface area contributed by atoms with Crippen LogP contribution in [0.15, 0.2) is 74.6 Å². The molecule has 3 aromatic carbocycles. The highest BCUT2D eigenvalue weighted by Gasteiger charge is 2.21. The second-order valence-corrected chi connectivity index (χ2v) is 8.19. The summed E-state index contributed by atoms with van der Waals surface area (Å²) >= 11 is 0. The second kappa shape index (κ2) is 6.70. The Labute approximate surface area is 154 Å². The summed E-state index contributed by atoms with van der Waals surface area (Å²) in [5, 5.41) is 18.2. The summed E-state index contributed by atoms with van der Waals surface area (Å²) in [4.78, 5) is -1.25. The van der Waals surface area contributed by atoms with Crippen LogP contribution in [0.1, 0.15) is 0 Å². The monoisotopic (exact) mass is 408 g/mol. The molecule has 0 radical (unpaired) electrons. The van der Waals surface area contributed by atoms with Crippen LogP contribution in [0.3, 0.4) is 0 Å². The zero-order valence-electron chi connectivity index (χ0n) is 13.4. The van der Waals surface area contributed by atoms with Crippen molar-refractivity contribution in [1.82, 2.24) is 0 Å². The van der Waals surface area contributed by atoms with Crippen molar-refractivity contribution < 1.29 is 31.0 Å². The van der Waals surface area contributed by atoms with Crippen molar-refractivity contribution in [2.75, 3.05) is 0 Å². The molecule has 0 aliphatic heterocycles. The first kappa shape index (κ1) is 18.9. The van der Waals surface area contributed by atoms with E-state index in [1.807, 2.05) is 0 Å². The number of azo groups is 1. The summed E-state index contributed by atoms with van der Waals surface area (Å²) in [7, 11) is -9.30. The zero-order valence-corrected chi connectivity index (χ0v) is 15.0. The summed E-state index contributed by atoms with van der Waals surface area (Å²) in [6, 6.07) is 12.3. The molecule has 0 aliphatic carbocycles. The van der Waals surface area contributed by atoms with Gasteiger partial charge >= 0.3 is 0 Å². The first-order chi connectivity index (χ1) is 12.6. The number of nitrogens with zero attached hydrogens (tertiary/aromatic N) is 2. The molecule has 0 saturated carbocycles. The van der Waals surface area contributed by atoms with E-state index in [9.17, 15) is 31.0 Å². The van der Waals surface area contributed by atoms with Gasteiger partial charge in [0.15, 0.2) is 0 Å². The predicted octanol–water partition coefficient (Wildman–Crippen LogP) is 3.45. The number of hydrogen-bond donors (Lipinski definition) is 3. The quantitative estimate of drug-likeness (QED) is 0.441. The highest BCUT2D eigenvalue weighted by atomic mass is 32.2. The lowest BCUT2D eigenvalue weighted by Gasteiger charge is -2.08. The topological polar surface area (TPSA) is 154 Å². The SMILES string of the molecule is O=S(=O)(O)c1ccccc1N=Nc1cc(S(=O)(=O)O)c(O)c2ccccc12. The Bertz CT molecular complexity index is 1280. The van der Waals surface area contributed by atoms with Crippen molar-refractivity contribution >= 4 is 42.4 Å². The molecule has 0 saturated heterocycles. The van der Waals surface area contributed by atoms with Crippen LogP contribution in [-0.2, 0) is 20.2 Å². The molecular weight excluding hydrogens is 396 g/mol. The van der Waals surface area contributed by atoms with E-state index in [4.69, 9.17) is 0 Å². The van der Waals surface area contributed by atoms with Gasteiger partial charge in [-0.1, -0.05) is 36.4 Å². The third-order valence-electron chi connectivity index (χ3n) is 3.65. The Balaban J connectivity index is 2.25. The maximum absolute atomic E-state index is 11.5. The predicted molar refractivity (Wildman–Crippen MR) is 95.9 cm³/mol. The molecule has 0 amide bonds. The molecule has 0 unspecified atom stereocenters. The Morgan fingerprint density at radius 1 is 0.667 bits per heavy atom. The molecule has 140 valence electrons. The van der Waals surface area contributed by atoms with E-state index >= 15 is 0 Å². The van der Waals surface area contributed by atoms with Crippen LogP contribution >= 0.6 is 0 Å². The van der Waals surface area contributed by atoms with E-state index in [1.165, 1.54) is 30.3 Å². The van der Waals surface area contributed by atoms with Gasteiger partial charge in [0.05, 0.1) is 5.69 Å². The minimum absolute atomic E-state index is 0.0406. The fraction of sp³-hybridized carbons (Fsp3) is 0. The lowest BCUT2D eigenvalue weighted by molar-refractivity contribution is 0.448. The van der Waals surface area contributed by atoms with Crippen LogP contribution in [0.2, 0.25) is 0 Å². The number of benzene rings is 3. The van der Waals surface area contributed by atoms with Gasteiger partial charge in [0.1, 0.15) is 21.2 Å². The highest BCUT2D eigenvalue weighted by Crippen LogP contribution is 2.39. The maximum Gasteiger partial charge on any atom is 0.298 e. The molecular formula is C16H12N2O7S2. The Kier molecular flexibility index (Phi) is 4.70. The normalized spacial score (nSPS) is 12.7. The fourth-order valence-electron chi connectivity index (χ4n) is 2.46. The van der Waals surface area contributed by atoms with E-state index in [0.29, 0.717) is 5.39 Å². The van der Waals surface area contributed by atoms with Gasteiger partial charge in [0.2, 0.25) is 0 Å². The van der Waals surface area contributed by atoms with Crippen molar-refractivity contribution in [3.05, 3.63) is 54.6 Å². The van der Waals surface area contributed by atoms with Gasteiger partial charge < -0.3 is 5.11 Å². The van der Waals surface area contributed by atoms with Gasteiger partial charge in [0, 0.05) is 10.8 Å². The van der Waals surface area contributed by atoms with Crippen LogP contribution in [0.25, 0.3) is 10.8 Å². The minimum atomic E-state index is -4.75. The molecule has 9 nitrogen and oxygen atoms in total. The van der Waals surface area contributed by atoms with Crippen LogP contribution in [0, 0.1) is 0 Å². The summed E-state index contributed by atoms with van der Waals surface area (Å²) in [5.74, 6) is -0.648. The molecule has 0 aromatic heterocycles. The van der Waals surface area contributed by atoms with Crippen molar-refractivity contribution in [3.8, 4) is 5.75 Å². The Morgan fingerprint density at radius 3 is 1.81 bits per heavy atom. The first-order valence-corrected chi connectivity index (χ1v) is 10.2. The van der Waals surface area contributed by atoms with Gasteiger partial charge in [-0.2, -0.15) is 16.8 Å². The van der Waals surface area contributed by atoms with Gasteiger partial charge in [-0.15, -0.1) is 10.2 Å². The number of hydrogen-bond acceptors (Lipinski definition) is 7. The molecule has 27 heavy (non-hydrogen) atoms. The molecule has 0 atom stereocenters. The summed E-state index contributed by atoms with van der Waals surface area (Å²) in [6.07, 6.45) is 0. The Hall–Kier alpha value is -2.86. The average molecular weight is 408 g/mol.